The molecule has 1 aliphatic carbocycles. The minimum absolute atomic E-state index is 0.236. The molecule has 6 heterocycles. The first-order valence-electron chi connectivity index (χ1n) is 17.1. The predicted molar refractivity (Wildman–Crippen MR) is 183 cm³/mol. The second-order valence-corrected chi connectivity index (χ2v) is 14.8. The molecule has 0 saturated carbocycles. The maximum absolute atomic E-state index is 9.98. The lowest BCUT2D eigenvalue weighted by Gasteiger charge is -2.43. The molecule has 0 amide bonds. The summed E-state index contributed by atoms with van der Waals surface area (Å²) in [5, 5.41) is 18.4. The molecule has 3 aromatic heterocycles. The predicted octanol–water partition coefficient (Wildman–Crippen LogP) is 2.72. The maximum Gasteiger partial charge on any atom is 0.237 e. The van der Waals surface area contributed by atoms with Crippen molar-refractivity contribution in [1.82, 2.24) is 35.2 Å². The van der Waals surface area contributed by atoms with Gasteiger partial charge in [-0.15, -0.1) is 11.3 Å². The molecule has 3 aliphatic heterocycles. The van der Waals surface area contributed by atoms with E-state index in [1.807, 2.05) is 6.07 Å². The Bertz CT molecular complexity index is 1590. The van der Waals surface area contributed by atoms with Gasteiger partial charge in [-0.1, -0.05) is 5.16 Å². The van der Waals surface area contributed by atoms with Crippen LogP contribution in [0.2, 0.25) is 0 Å². The number of fused-ring (bicyclic) bond motifs is 1. The number of nitrogen functional groups attached to an aromatic ring is 1. The molecule has 47 heavy (non-hydrogen) atoms. The number of thiophene rings is 1. The highest BCUT2D eigenvalue weighted by Gasteiger charge is 2.43. The van der Waals surface area contributed by atoms with Crippen molar-refractivity contribution in [2.24, 2.45) is 0 Å². The number of nitrogens with one attached hydrogen (secondary N) is 1. The average Bonchev–Trinajstić information content (AvgIpc) is 3.63. The molecule has 0 aromatic carbocycles. The smallest absolute Gasteiger partial charge is 0.237 e. The van der Waals surface area contributed by atoms with E-state index >= 15 is 0 Å². The van der Waals surface area contributed by atoms with E-state index in [1.165, 1.54) is 11.3 Å². The topological polar surface area (TPSA) is 149 Å². The Morgan fingerprint density at radius 3 is 2.72 bits per heavy atom. The fourth-order valence-corrected chi connectivity index (χ4v) is 8.91. The van der Waals surface area contributed by atoms with Crippen LogP contribution in [0.1, 0.15) is 61.4 Å². The molecule has 3 saturated heterocycles. The molecule has 0 unspecified atom stereocenters. The SMILES string of the molecule is COCCCN1CCCN(c2nc(-c3noc([C@@]4(C)CCCc5sc(N)c(C#N)c54)n3)cc(N3CCN(C4CNC4)CC3)n2)[C@@H](C)C1. The van der Waals surface area contributed by atoms with Gasteiger partial charge < -0.3 is 35.0 Å². The highest BCUT2D eigenvalue weighted by atomic mass is 32.1. The van der Waals surface area contributed by atoms with E-state index in [2.05, 4.69) is 50.0 Å². The Kier molecular flexibility index (Phi) is 9.35. The van der Waals surface area contributed by atoms with Gasteiger partial charge in [0, 0.05) is 101 Å². The first kappa shape index (κ1) is 32.2. The number of aryl methyl sites for hydroxylation is 1. The van der Waals surface area contributed by atoms with E-state index in [4.69, 9.17) is 29.9 Å². The van der Waals surface area contributed by atoms with E-state index in [-0.39, 0.29) is 6.04 Å². The molecule has 0 spiro atoms. The third kappa shape index (κ3) is 6.31. The summed E-state index contributed by atoms with van der Waals surface area (Å²) in [5.41, 5.74) is 7.84. The minimum Gasteiger partial charge on any atom is -0.389 e. The first-order chi connectivity index (χ1) is 22.9. The molecular formula is C33H47N11O2S. The number of hydrogen-bond donors (Lipinski definition) is 2. The molecule has 0 radical (unpaired) electrons. The van der Waals surface area contributed by atoms with Crippen LogP contribution in [0.4, 0.5) is 16.8 Å². The Balaban J connectivity index is 1.20. The van der Waals surface area contributed by atoms with Crippen molar-refractivity contribution in [3.05, 3.63) is 28.0 Å². The van der Waals surface area contributed by atoms with Crippen LogP contribution >= 0.6 is 11.3 Å². The zero-order valence-electron chi connectivity index (χ0n) is 27.9. The third-order valence-electron chi connectivity index (χ3n) is 10.5. The van der Waals surface area contributed by atoms with Gasteiger partial charge in [-0.25, -0.2) is 4.98 Å². The molecular weight excluding hydrogens is 615 g/mol. The summed E-state index contributed by atoms with van der Waals surface area (Å²) in [6, 6.07) is 5.24. The Morgan fingerprint density at radius 2 is 1.98 bits per heavy atom. The molecule has 7 rings (SSSR count). The number of methoxy groups -OCH3 is 1. The molecule has 14 heteroatoms. The fraction of sp³-hybridized carbons (Fsp3) is 0.667. The number of aromatic nitrogens is 4. The Morgan fingerprint density at radius 1 is 1.15 bits per heavy atom. The van der Waals surface area contributed by atoms with Crippen molar-refractivity contribution in [2.75, 3.05) is 94.7 Å². The van der Waals surface area contributed by atoms with Crippen LogP contribution in [0, 0.1) is 11.3 Å². The fourth-order valence-electron chi connectivity index (χ4n) is 7.72. The lowest BCUT2D eigenvalue weighted by Crippen LogP contribution is -2.61. The molecule has 4 aliphatic rings. The molecule has 3 aromatic rings. The Hall–Kier alpha value is -3.35. The minimum atomic E-state index is -0.588. The van der Waals surface area contributed by atoms with Crippen molar-refractivity contribution in [1.29, 1.82) is 5.26 Å². The van der Waals surface area contributed by atoms with Crippen LogP contribution in [-0.4, -0.2) is 121 Å². The first-order valence-corrected chi connectivity index (χ1v) is 17.9. The van der Waals surface area contributed by atoms with E-state index in [0.29, 0.717) is 40.0 Å². The zero-order valence-corrected chi connectivity index (χ0v) is 28.7. The van der Waals surface area contributed by atoms with Crippen molar-refractivity contribution in [3.63, 3.8) is 0 Å². The van der Waals surface area contributed by atoms with Crippen LogP contribution in [0.3, 0.4) is 0 Å². The van der Waals surface area contributed by atoms with Crippen LogP contribution < -0.4 is 20.9 Å². The lowest BCUT2D eigenvalue weighted by atomic mass is 9.72. The van der Waals surface area contributed by atoms with Gasteiger partial charge in [0.25, 0.3) is 0 Å². The van der Waals surface area contributed by atoms with Gasteiger partial charge in [0.2, 0.25) is 17.7 Å². The number of nitrogens with zero attached hydrogens (tertiary/aromatic N) is 9. The number of piperazine rings is 1. The van der Waals surface area contributed by atoms with Gasteiger partial charge >= 0.3 is 0 Å². The van der Waals surface area contributed by atoms with E-state index in [0.717, 1.165) is 120 Å². The third-order valence-corrected chi connectivity index (χ3v) is 11.6. The van der Waals surface area contributed by atoms with Crippen molar-refractivity contribution < 1.29 is 9.26 Å². The summed E-state index contributed by atoms with van der Waals surface area (Å²) in [7, 11) is 1.76. The monoisotopic (exact) mass is 661 g/mol. The van der Waals surface area contributed by atoms with Gasteiger partial charge in [0.05, 0.1) is 11.0 Å². The summed E-state index contributed by atoms with van der Waals surface area (Å²) in [4.78, 5) is 26.3. The second-order valence-electron chi connectivity index (χ2n) is 13.6. The van der Waals surface area contributed by atoms with Gasteiger partial charge in [0.1, 0.15) is 22.6 Å². The molecule has 0 bridgehead atoms. The number of rotatable bonds is 9. The number of nitriles is 1. The molecule has 252 valence electrons. The molecule has 3 fully saturated rings. The number of hydrogen-bond acceptors (Lipinski definition) is 14. The summed E-state index contributed by atoms with van der Waals surface area (Å²) in [6.45, 7) is 15.0. The van der Waals surface area contributed by atoms with Gasteiger partial charge in [-0.3, -0.25) is 4.90 Å². The van der Waals surface area contributed by atoms with Gasteiger partial charge in [0.15, 0.2) is 0 Å². The van der Waals surface area contributed by atoms with Crippen LogP contribution in [-0.2, 0) is 16.6 Å². The van der Waals surface area contributed by atoms with E-state index < -0.39 is 5.41 Å². The average molecular weight is 662 g/mol. The summed E-state index contributed by atoms with van der Waals surface area (Å²) < 4.78 is 11.3. The summed E-state index contributed by atoms with van der Waals surface area (Å²) in [6.07, 6.45) is 4.73. The van der Waals surface area contributed by atoms with Crippen molar-refractivity contribution >= 4 is 28.1 Å². The highest BCUT2D eigenvalue weighted by Crippen LogP contribution is 2.48. The Labute approximate surface area is 281 Å². The zero-order chi connectivity index (χ0) is 32.5. The van der Waals surface area contributed by atoms with Crippen molar-refractivity contribution in [2.45, 2.75) is 63.5 Å². The van der Waals surface area contributed by atoms with Crippen LogP contribution in [0.25, 0.3) is 11.5 Å². The van der Waals surface area contributed by atoms with Crippen molar-refractivity contribution in [3.8, 4) is 17.6 Å². The number of anilines is 3. The number of ether oxygens (including phenoxy) is 1. The van der Waals surface area contributed by atoms with Crippen LogP contribution in [0.15, 0.2) is 10.6 Å². The van der Waals surface area contributed by atoms with Gasteiger partial charge in [-0.05, 0) is 52.5 Å². The summed E-state index contributed by atoms with van der Waals surface area (Å²) >= 11 is 1.51. The molecule has 2 atom stereocenters. The normalized spacial score (nSPS) is 24.5. The quantitative estimate of drug-likeness (QED) is 0.324. The number of nitrogens with two attached hydrogens (primary N) is 1. The lowest BCUT2D eigenvalue weighted by molar-refractivity contribution is 0.137. The molecule has 13 nitrogen and oxygen atoms in total. The summed E-state index contributed by atoms with van der Waals surface area (Å²) in [5.74, 6) is 2.56. The molecule has 3 N–H and O–H groups in total. The second kappa shape index (κ2) is 13.6. The largest absolute Gasteiger partial charge is 0.389 e. The van der Waals surface area contributed by atoms with E-state index in [9.17, 15) is 5.26 Å². The maximum atomic E-state index is 9.98. The highest BCUT2D eigenvalue weighted by molar-refractivity contribution is 7.16. The standard InChI is InChI=1S/C33H47N11O2S/c1-22-21-41(10-6-16-45-3)9-5-11-44(22)32-37-25(17-27(38-32)43-14-12-42(13-15-43)23-19-36-20-23)30-39-31(46-40-30)33(2)8-4-7-26-28(33)24(18-34)29(35)47-26/h17,22-23,36H,4-16,19-21,35H2,1-3H3/t22-,33-/m0/s1. The van der Waals surface area contributed by atoms with E-state index in [1.54, 1.807) is 7.11 Å². The van der Waals surface area contributed by atoms with Gasteiger partial charge in [-0.2, -0.15) is 15.2 Å². The van der Waals surface area contributed by atoms with Crippen LogP contribution in [0.5, 0.6) is 0 Å².